The van der Waals surface area contributed by atoms with Crippen LogP contribution >= 0.6 is 11.3 Å². The summed E-state index contributed by atoms with van der Waals surface area (Å²) in [5, 5.41) is 4.91. The van der Waals surface area contributed by atoms with Gasteiger partial charge in [0.05, 0.1) is 5.69 Å². The Morgan fingerprint density at radius 1 is 1.16 bits per heavy atom. The molecule has 1 aliphatic heterocycles. The van der Waals surface area contributed by atoms with Crippen molar-refractivity contribution in [3.05, 3.63) is 81.8 Å². The van der Waals surface area contributed by atoms with Crippen LogP contribution in [0, 0.1) is 5.82 Å². The van der Waals surface area contributed by atoms with Gasteiger partial charge in [0.2, 0.25) is 5.91 Å². The smallest absolute Gasteiger partial charge is 0.225 e. The zero-order valence-corrected chi connectivity index (χ0v) is 14.2. The molecule has 0 radical (unpaired) electrons. The van der Waals surface area contributed by atoms with Gasteiger partial charge in [-0.15, -0.1) is 11.3 Å². The molecule has 1 aliphatic rings. The van der Waals surface area contributed by atoms with E-state index in [1.54, 1.807) is 17.4 Å². The third kappa shape index (κ3) is 3.42. The van der Waals surface area contributed by atoms with E-state index in [2.05, 4.69) is 5.32 Å². The second-order valence-electron chi connectivity index (χ2n) is 5.99. The van der Waals surface area contributed by atoms with Gasteiger partial charge in [-0.1, -0.05) is 24.3 Å². The van der Waals surface area contributed by atoms with Gasteiger partial charge in [0, 0.05) is 17.2 Å². The lowest BCUT2D eigenvalue weighted by atomic mass is 9.91. The van der Waals surface area contributed by atoms with Crippen LogP contribution < -0.4 is 10.1 Å². The number of anilines is 1. The molecule has 5 heteroatoms. The van der Waals surface area contributed by atoms with Crippen molar-refractivity contribution in [2.24, 2.45) is 0 Å². The molecule has 1 aromatic heterocycles. The Balaban J connectivity index is 1.48. The molecule has 3 aromatic rings. The number of nitrogens with one attached hydrogen (secondary N) is 1. The number of hydrogen-bond acceptors (Lipinski definition) is 3. The second kappa shape index (κ2) is 6.69. The van der Waals surface area contributed by atoms with E-state index in [1.807, 2.05) is 41.8 Å². The van der Waals surface area contributed by atoms with Gasteiger partial charge in [0.15, 0.2) is 0 Å². The van der Waals surface area contributed by atoms with Crippen LogP contribution in [0.4, 0.5) is 10.1 Å². The zero-order valence-electron chi connectivity index (χ0n) is 13.4. The second-order valence-corrected chi connectivity index (χ2v) is 6.94. The van der Waals surface area contributed by atoms with E-state index in [0.717, 1.165) is 22.6 Å². The maximum atomic E-state index is 13.2. The molecule has 126 valence electrons. The molecule has 1 N–H and O–H groups in total. The van der Waals surface area contributed by atoms with E-state index in [1.165, 1.54) is 17.0 Å². The molecule has 2 heterocycles. The summed E-state index contributed by atoms with van der Waals surface area (Å²) in [5.41, 5.74) is 2.80. The molecule has 0 saturated heterocycles. The van der Waals surface area contributed by atoms with Crippen LogP contribution in [0.25, 0.3) is 0 Å². The average Bonchev–Trinajstić information content (AvgIpc) is 3.08. The average molecular weight is 353 g/mol. The highest BCUT2D eigenvalue weighted by Crippen LogP contribution is 2.40. The summed E-state index contributed by atoms with van der Waals surface area (Å²) in [4.78, 5) is 13.1. The van der Waals surface area contributed by atoms with Crippen molar-refractivity contribution < 1.29 is 13.9 Å². The first-order valence-electron chi connectivity index (χ1n) is 8.03. The van der Waals surface area contributed by atoms with Gasteiger partial charge in [-0.3, -0.25) is 4.79 Å². The van der Waals surface area contributed by atoms with Crippen molar-refractivity contribution in [1.29, 1.82) is 0 Å². The molecule has 1 atom stereocenters. The molecule has 0 fully saturated rings. The van der Waals surface area contributed by atoms with Crippen LogP contribution in [0.5, 0.6) is 5.75 Å². The van der Waals surface area contributed by atoms with Gasteiger partial charge in [0.25, 0.3) is 0 Å². The van der Waals surface area contributed by atoms with Crippen molar-refractivity contribution in [3.63, 3.8) is 0 Å². The molecule has 0 saturated carbocycles. The van der Waals surface area contributed by atoms with Crippen molar-refractivity contribution in [3.8, 4) is 5.75 Å². The van der Waals surface area contributed by atoms with Crippen molar-refractivity contribution in [1.82, 2.24) is 0 Å². The van der Waals surface area contributed by atoms with Crippen molar-refractivity contribution in [2.75, 3.05) is 5.32 Å². The third-order valence-electron chi connectivity index (χ3n) is 4.25. The Bertz CT molecular complexity index is 904. The van der Waals surface area contributed by atoms with Gasteiger partial charge < -0.3 is 10.1 Å². The van der Waals surface area contributed by atoms with Gasteiger partial charge in [-0.2, -0.15) is 0 Å². The van der Waals surface area contributed by atoms with Gasteiger partial charge in [0.1, 0.15) is 18.2 Å². The predicted molar refractivity (Wildman–Crippen MR) is 96.6 cm³/mol. The number of thiophene rings is 1. The first kappa shape index (κ1) is 15.8. The van der Waals surface area contributed by atoms with Crippen molar-refractivity contribution >= 4 is 22.9 Å². The Hall–Kier alpha value is -2.66. The monoisotopic (exact) mass is 353 g/mol. The molecule has 0 aliphatic carbocycles. The highest BCUT2D eigenvalue weighted by molar-refractivity contribution is 7.10. The van der Waals surface area contributed by atoms with Gasteiger partial charge in [-0.25, -0.2) is 4.39 Å². The van der Waals surface area contributed by atoms with Crippen LogP contribution in [-0.4, -0.2) is 5.91 Å². The SMILES string of the molecule is O=C1C[C@@H](c2ccc(OCc3cccc(F)c3)cc2)c2sccc2N1. The molecule has 0 bridgehead atoms. The molecule has 0 unspecified atom stereocenters. The summed E-state index contributed by atoms with van der Waals surface area (Å²) in [6, 6.07) is 16.1. The molecule has 2 aromatic carbocycles. The highest BCUT2D eigenvalue weighted by Gasteiger charge is 2.27. The Morgan fingerprint density at radius 3 is 2.80 bits per heavy atom. The third-order valence-corrected chi connectivity index (χ3v) is 5.28. The number of benzene rings is 2. The summed E-state index contributed by atoms with van der Waals surface area (Å²) < 4.78 is 18.9. The largest absolute Gasteiger partial charge is 0.489 e. The first-order chi connectivity index (χ1) is 12.2. The minimum absolute atomic E-state index is 0.0438. The molecular formula is C20H16FNO2S. The number of hydrogen-bond donors (Lipinski definition) is 1. The molecular weight excluding hydrogens is 337 g/mol. The van der Waals surface area contributed by atoms with Crippen LogP contribution in [-0.2, 0) is 11.4 Å². The van der Waals surface area contributed by atoms with E-state index in [-0.39, 0.29) is 17.6 Å². The standard InChI is InChI=1S/C20H16FNO2S/c21-15-3-1-2-13(10-15)12-24-16-6-4-14(5-7-16)17-11-19(23)22-18-8-9-25-20(17)18/h1-10,17H,11-12H2,(H,22,23)/t17-/m0/s1. The molecule has 4 rings (SSSR count). The molecule has 3 nitrogen and oxygen atoms in total. The summed E-state index contributed by atoms with van der Waals surface area (Å²) in [6.07, 6.45) is 0.455. The Labute approximate surface area is 149 Å². The Morgan fingerprint density at radius 2 is 2.00 bits per heavy atom. The number of halogens is 1. The van der Waals surface area contributed by atoms with E-state index in [4.69, 9.17) is 4.74 Å². The number of fused-ring (bicyclic) bond motifs is 1. The normalized spacial score (nSPS) is 16.2. The first-order valence-corrected chi connectivity index (χ1v) is 8.91. The minimum atomic E-state index is -0.265. The van der Waals surface area contributed by atoms with E-state index in [9.17, 15) is 9.18 Å². The fourth-order valence-corrected chi connectivity index (χ4v) is 4.01. The number of ether oxygens (including phenoxy) is 1. The molecule has 25 heavy (non-hydrogen) atoms. The maximum Gasteiger partial charge on any atom is 0.225 e. The molecule has 1 amide bonds. The topological polar surface area (TPSA) is 38.3 Å². The lowest BCUT2D eigenvalue weighted by Crippen LogP contribution is -2.21. The van der Waals surface area contributed by atoms with Crippen LogP contribution in [0.15, 0.2) is 60.0 Å². The number of carbonyl (C=O) groups is 1. The van der Waals surface area contributed by atoms with Crippen LogP contribution in [0.1, 0.15) is 28.3 Å². The quantitative estimate of drug-likeness (QED) is 0.721. The summed E-state index contributed by atoms with van der Waals surface area (Å²) >= 11 is 1.66. The lowest BCUT2D eigenvalue weighted by molar-refractivity contribution is -0.116. The summed E-state index contributed by atoms with van der Waals surface area (Å²) in [5.74, 6) is 0.585. The summed E-state index contributed by atoms with van der Waals surface area (Å²) in [6.45, 7) is 0.317. The van der Waals surface area contributed by atoms with Crippen molar-refractivity contribution in [2.45, 2.75) is 18.9 Å². The highest BCUT2D eigenvalue weighted by atomic mass is 32.1. The maximum absolute atomic E-state index is 13.2. The fraction of sp³-hybridized carbons (Fsp3) is 0.150. The Kier molecular flexibility index (Phi) is 4.24. The molecule has 0 spiro atoms. The predicted octanol–water partition coefficient (Wildman–Crippen LogP) is 4.94. The fourth-order valence-electron chi connectivity index (χ4n) is 3.03. The van der Waals surface area contributed by atoms with E-state index in [0.29, 0.717) is 13.0 Å². The number of amides is 1. The number of rotatable bonds is 4. The minimum Gasteiger partial charge on any atom is -0.489 e. The van der Waals surface area contributed by atoms with Crippen LogP contribution in [0.3, 0.4) is 0 Å². The van der Waals surface area contributed by atoms with Gasteiger partial charge in [-0.05, 0) is 46.8 Å². The lowest BCUT2D eigenvalue weighted by Gasteiger charge is -2.23. The zero-order chi connectivity index (χ0) is 17.2. The van der Waals surface area contributed by atoms with E-state index < -0.39 is 0 Å². The van der Waals surface area contributed by atoms with E-state index >= 15 is 0 Å². The van der Waals surface area contributed by atoms with Crippen LogP contribution in [0.2, 0.25) is 0 Å². The van der Waals surface area contributed by atoms with Gasteiger partial charge >= 0.3 is 0 Å². The summed E-state index contributed by atoms with van der Waals surface area (Å²) in [7, 11) is 0. The number of carbonyl (C=O) groups excluding carboxylic acids is 1.